The molecular formula is C17H16N2O4. The largest absolute Gasteiger partial charge is 0.484 e. The average molecular weight is 312 g/mol. The molecule has 118 valence electrons. The number of hydrazone groups is 1. The number of rotatable bonds is 5. The SMILES string of the molecule is Cc1cccc(OCC(=O)NN=Cc2ccc3c(c2)OCO3)c1. The summed E-state index contributed by atoms with van der Waals surface area (Å²) >= 11 is 0. The van der Waals surface area contributed by atoms with Crippen molar-refractivity contribution in [1.82, 2.24) is 5.43 Å². The van der Waals surface area contributed by atoms with Gasteiger partial charge >= 0.3 is 0 Å². The van der Waals surface area contributed by atoms with E-state index in [4.69, 9.17) is 14.2 Å². The van der Waals surface area contributed by atoms with Crippen molar-refractivity contribution in [2.45, 2.75) is 6.92 Å². The Morgan fingerprint density at radius 2 is 2.13 bits per heavy atom. The molecule has 0 fully saturated rings. The van der Waals surface area contributed by atoms with Crippen molar-refractivity contribution in [1.29, 1.82) is 0 Å². The third kappa shape index (κ3) is 4.00. The maximum Gasteiger partial charge on any atom is 0.277 e. The molecule has 0 saturated heterocycles. The lowest BCUT2D eigenvalue weighted by Crippen LogP contribution is -2.24. The smallest absolute Gasteiger partial charge is 0.277 e. The molecule has 2 aromatic carbocycles. The highest BCUT2D eigenvalue weighted by molar-refractivity contribution is 5.83. The van der Waals surface area contributed by atoms with Crippen LogP contribution in [-0.2, 0) is 4.79 Å². The third-order valence-corrected chi connectivity index (χ3v) is 3.16. The van der Waals surface area contributed by atoms with Gasteiger partial charge in [-0.05, 0) is 48.4 Å². The van der Waals surface area contributed by atoms with Gasteiger partial charge < -0.3 is 14.2 Å². The maximum absolute atomic E-state index is 11.7. The molecule has 0 atom stereocenters. The summed E-state index contributed by atoms with van der Waals surface area (Å²) < 4.78 is 15.9. The second kappa shape index (κ2) is 6.83. The van der Waals surface area contributed by atoms with Crippen molar-refractivity contribution in [3.63, 3.8) is 0 Å². The topological polar surface area (TPSA) is 69.2 Å². The first-order valence-electron chi connectivity index (χ1n) is 7.12. The summed E-state index contributed by atoms with van der Waals surface area (Å²) in [6.07, 6.45) is 1.53. The normalized spacial score (nSPS) is 12.4. The summed E-state index contributed by atoms with van der Waals surface area (Å²) in [5.41, 5.74) is 4.29. The number of aryl methyl sites for hydroxylation is 1. The molecule has 1 aliphatic heterocycles. The zero-order chi connectivity index (χ0) is 16.1. The molecule has 0 spiro atoms. The Morgan fingerprint density at radius 1 is 1.26 bits per heavy atom. The molecule has 0 aliphatic carbocycles. The number of hydrogen-bond donors (Lipinski definition) is 1. The molecule has 6 heteroatoms. The van der Waals surface area contributed by atoms with Crippen LogP contribution in [0.4, 0.5) is 0 Å². The Hall–Kier alpha value is -3.02. The Balaban J connectivity index is 1.48. The molecule has 23 heavy (non-hydrogen) atoms. The first-order chi connectivity index (χ1) is 11.2. The van der Waals surface area contributed by atoms with Crippen molar-refractivity contribution in [2.24, 2.45) is 5.10 Å². The Labute approximate surface area is 133 Å². The van der Waals surface area contributed by atoms with Gasteiger partial charge in [-0.2, -0.15) is 5.10 Å². The van der Waals surface area contributed by atoms with Crippen LogP contribution in [0.25, 0.3) is 0 Å². The van der Waals surface area contributed by atoms with Gasteiger partial charge in [-0.3, -0.25) is 4.79 Å². The van der Waals surface area contributed by atoms with E-state index in [1.807, 2.05) is 31.2 Å². The predicted octanol–water partition coefficient (Wildman–Crippen LogP) is 2.25. The summed E-state index contributed by atoms with van der Waals surface area (Å²) in [6.45, 7) is 2.09. The minimum Gasteiger partial charge on any atom is -0.484 e. The lowest BCUT2D eigenvalue weighted by molar-refractivity contribution is -0.123. The molecule has 0 radical (unpaired) electrons. The highest BCUT2D eigenvalue weighted by Crippen LogP contribution is 2.31. The summed E-state index contributed by atoms with van der Waals surface area (Å²) in [7, 11) is 0. The molecule has 0 unspecified atom stereocenters. The Bertz CT molecular complexity index is 743. The monoisotopic (exact) mass is 312 g/mol. The van der Waals surface area contributed by atoms with Crippen LogP contribution < -0.4 is 19.6 Å². The molecule has 0 aromatic heterocycles. The quantitative estimate of drug-likeness (QED) is 0.679. The zero-order valence-corrected chi connectivity index (χ0v) is 12.6. The highest BCUT2D eigenvalue weighted by atomic mass is 16.7. The highest BCUT2D eigenvalue weighted by Gasteiger charge is 2.12. The van der Waals surface area contributed by atoms with Crippen LogP contribution in [0.5, 0.6) is 17.2 Å². The second-order valence-electron chi connectivity index (χ2n) is 5.01. The molecule has 0 saturated carbocycles. The number of hydrogen-bond acceptors (Lipinski definition) is 5. The first-order valence-corrected chi connectivity index (χ1v) is 7.12. The van der Waals surface area contributed by atoms with Crippen LogP contribution >= 0.6 is 0 Å². The van der Waals surface area contributed by atoms with E-state index in [9.17, 15) is 4.79 Å². The standard InChI is InChI=1S/C17H16N2O4/c1-12-3-2-4-14(7-12)21-10-17(20)19-18-9-13-5-6-15-16(8-13)23-11-22-15/h2-9H,10-11H2,1H3,(H,19,20). The van der Waals surface area contributed by atoms with Gasteiger partial charge in [-0.25, -0.2) is 5.43 Å². The van der Waals surface area contributed by atoms with E-state index >= 15 is 0 Å². The van der Waals surface area contributed by atoms with Crippen molar-refractivity contribution < 1.29 is 19.0 Å². The lowest BCUT2D eigenvalue weighted by Gasteiger charge is -2.05. The molecule has 0 bridgehead atoms. The van der Waals surface area contributed by atoms with Crippen LogP contribution in [0.2, 0.25) is 0 Å². The maximum atomic E-state index is 11.7. The number of nitrogens with zero attached hydrogens (tertiary/aromatic N) is 1. The molecule has 1 heterocycles. The van der Waals surface area contributed by atoms with Gasteiger partial charge in [0.05, 0.1) is 6.21 Å². The van der Waals surface area contributed by atoms with Crippen molar-refractivity contribution in [2.75, 3.05) is 13.4 Å². The van der Waals surface area contributed by atoms with Gasteiger partial charge in [0.1, 0.15) is 5.75 Å². The Kier molecular flexibility index (Phi) is 4.42. The van der Waals surface area contributed by atoms with E-state index in [1.165, 1.54) is 6.21 Å². The van der Waals surface area contributed by atoms with E-state index in [2.05, 4.69) is 10.5 Å². The number of amides is 1. The van der Waals surface area contributed by atoms with Gasteiger partial charge in [-0.15, -0.1) is 0 Å². The van der Waals surface area contributed by atoms with Gasteiger partial charge in [-0.1, -0.05) is 12.1 Å². The summed E-state index contributed by atoms with van der Waals surface area (Å²) in [4.78, 5) is 11.7. The second-order valence-corrected chi connectivity index (χ2v) is 5.01. The fraction of sp³-hybridized carbons (Fsp3) is 0.176. The van der Waals surface area contributed by atoms with Crippen molar-refractivity contribution in [3.8, 4) is 17.2 Å². The molecule has 1 N–H and O–H groups in total. The van der Waals surface area contributed by atoms with Crippen LogP contribution in [0.15, 0.2) is 47.6 Å². The van der Waals surface area contributed by atoms with Gasteiger partial charge in [0.15, 0.2) is 18.1 Å². The van der Waals surface area contributed by atoms with Gasteiger partial charge in [0.25, 0.3) is 5.91 Å². The number of carbonyl (C=O) groups is 1. The summed E-state index contributed by atoms with van der Waals surface area (Å²) in [5, 5.41) is 3.90. The van der Waals surface area contributed by atoms with Crippen LogP contribution in [0.3, 0.4) is 0 Å². The molecule has 1 aliphatic rings. The predicted molar refractivity (Wildman–Crippen MR) is 85.0 cm³/mol. The molecule has 3 rings (SSSR count). The van der Waals surface area contributed by atoms with E-state index in [1.54, 1.807) is 18.2 Å². The van der Waals surface area contributed by atoms with Crippen LogP contribution in [-0.4, -0.2) is 25.5 Å². The van der Waals surface area contributed by atoms with Crippen molar-refractivity contribution >= 4 is 12.1 Å². The number of ether oxygens (including phenoxy) is 3. The fourth-order valence-corrected chi connectivity index (χ4v) is 2.06. The number of nitrogens with one attached hydrogen (secondary N) is 1. The number of benzene rings is 2. The van der Waals surface area contributed by atoms with Crippen molar-refractivity contribution in [3.05, 3.63) is 53.6 Å². The summed E-state index contributed by atoms with van der Waals surface area (Å²) in [6, 6.07) is 12.9. The van der Waals surface area contributed by atoms with E-state index in [-0.39, 0.29) is 19.3 Å². The first kappa shape index (κ1) is 14.9. The van der Waals surface area contributed by atoms with Crippen LogP contribution in [0, 0.1) is 6.92 Å². The zero-order valence-electron chi connectivity index (χ0n) is 12.6. The molecule has 6 nitrogen and oxygen atoms in total. The third-order valence-electron chi connectivity index (χ3n) is 3.16. The molecular weight excluding hydrogens is 296 g/mol. The minimum atomic E-state index is -0.330. The minimum absolute atomic E-state index is 0.0953. The fourth-order valence-electron chi connectivity index (χ4n) is 2.06. The average Bonchev–Trinajstić information content (AvgIpc) is 3.01. The lowest BCUT2D eigenvalue weighted by atomic mass is 10.2. The van der Waals surface area contributed by atoms with E-state index in [0.717, 1.165) is 11.1 Å². The molecule has 1 amide bonds. The molecule has 2 aromatic rings. The van der Waals surface area contributed by atoms with Crippen LogP contribution in [0.1, 0.15) is 11.1 Å². The van der Waals surface area contributed by atoms with Gasteiger partial charge in [0, 0.05) is 0 Å². The number of carbonyl (C=O) groups excluding carboxylic acids is 1. The number of fused-ring (bicyclic) bond motifs is 1. The van der Waals surface area contributed by atoms with E-state index < -0.39 is 0 Å². The van der Waals surface area contributed by atoms with Gasteiger partial charge in [0.2, 0.25) is 6.79 Å². The Morgan fingerprint density at radius 3 is 3.00 bits per heavy atom. The van der Waals surface area contributed by atoms with E-state index in [0.29, 0.717) is 17.2 Å². The summed E-state index contributed by atoms with van der Waals surface area (Å²) in [5.74, 6) is 1.70.